The standard InChI is InChI=1S/C13H24OSi/c1-15(2,3)13-10-6-4-5-8-12(14)9-7-11-13/h6,10,13H,4-5,7-9,11H2,1-3H3/b10-6+. The van der Waals surface area contributed by atoms with E-state index in [1.807, 2.05) is 0 Å². The van der Waals surface area contributed by atoms with Crippen molar-refractivity contribution >= 4 is 13.9 Å². The Morgan fingerprint density at radius 1 is 1.20 bits per heavy atom. The van der Waals surface area contributed by atoms with Crippen molar-refractivity contribution < 1.29 is 4.79 Å². The summed E-state index contributed by atoms with van der Waals surface area (Å²) in [6, 6.07) is 0. The third-order valence-electron chi connectivity index (χ3n) is 3.28. The zero-order chi connectivity index (χ0) is 11.3. The molecule has 2 heteroatoms. The molecule has 0 radical (unpaired) electrons. The highest BCUT2D eigenvalue weighted by Crippen LogP contribution is 2.30. The SMILES string of the molecule is C[Si](C)(C)C1/C=C/CCCC(=O)CCC1. The van der Waals surface area contributed by atoms with E-state index in [9.17, 15) is 4.79 Å². The molecule has 1 rings (SSSR count). The van der Waals surface area contributed by atoms with Crippen molar-refractivity contribution in [3.63, 3.8) is 0 Å². The van der Waals surface area contributed by atoms with Crippen LogP contribution in [-0.4, -0.2) is 13.9 Å². The molecule has 0 amide bonds. The molecule has 86 valence electrons. The van der Waals surface area contributed by atoms with Crippen LogP contribution < -0.4 is 0 Å². The van der Waals surface area contributed by atoms with Gasteiger partial charge in [0.1, 0.15) is 5.78 Å². The van der Waals surface area contributed by atoms with E-state index in [1.165, 1.54) is 6.42 Å². The molecule has 0 saturated carbocycles. The van der Waals surface area contributed by atoms with Gasteiger partial charge in [0.2, 0.25) is 0 Å². The molecule has 0 saturated heterocycles. The quantitative estimate of drug-likeness (QED) is 0.482. The molecule has 1 aliphatic carbocycles. The Bertz CT molecular complexity index is 237. The maximum Gasteiger partial charge on any atom is 0.132 e. The fourth-order valence-electron chi connectivity index (χ4n) is 2.14. The van der Waals surface area contributed by atoms with Gasteiger partial charge in [-0.25, -0.2) is 0 Å². The molecule has 0 aromatic rings. The van der Waals surface area contributed by atoms with E-state index >= 15 is 0 Å². The molecule has 15 heavy (non-hydrogen) atoms. The summed E-state index contributed by atoms with van der Waals surface area (Å²) in [5.41, 5.74) is 0.767. The molecule has 0 spiro atoms. The predicted molar refractivity (Wildman–Crippen MR) is 68.9 cm³/mol. The van der Waals surface area contributed by atoms with Gasteiger partial charge in [-0.3, -0.25) is 4.79 Å². The van der Waals surface area contributed by atoms with E-state index in [2.05, 4.69) is 31.8 Å². The van der Waals surface area contributed by atoms with Crippen molar-refractivity contribution in [3.8, 4) is 0 Å². The van der Waals surface area contributed by atoms with Crippen LogP contribution in [0.2, 0.25) is 25.2 Å². The third-order valence-corrected chi connectivity index (χ3v) is 5.98. The molecule has 0 bridgehead atoms. The van der Waals surface area contributed by atoms with Crippen molar-refractivity contribution in [2.24, 2.45) is 0 Å². The molecule has 1 atom stereocenters. The average Bonchev–Trinajstić information content (AvgIpc) is 2.13. The second-order valence-corrected chi connectivity index (χ2v) is 11.2. The maximum atomic E-state index is 11.4. The summed E-state index contributed by atoms with van der Waals surface area (Å²) in [5.74, 6) is 0.472. The van der Waals surface area contributed by atoms with Crippen molar-refractivity contribution in [1.82, 2.24) is 0 Å². The Morgan fingerprint density at radius 3 is 2.53 bits per heavy atom. The molecular formula is C13H24OSi. The fraction of sp³-hybridized carbons (Fsp3) is 0.769. The lowest BCUT2D eigenvalue weighted by molar-refractivity contribution is -0.119. The van der Waals surface area contributed by atoms with Crippen LogP contribution in [0.15, 0.2) is 12.2 Å². The monoisotopic (exact) mass is 224 g/mol. The van der Waals surface area contributed by atoms with Gasteiger partial charge < -0.3 is 0 Å². The molecule has 0 aromatic carbocycles. The zero-order valence-corrected chi connectivity index (χ0v) is 11.4. The maximum absolute atomic E-state index is 11.4. The van der Waals surface area contributed by atoms with E-state index in [4.69, 9.17) is 0 Å². The van der Waals surface area contributed by atoms with Crippen LogP contribution in [-0.2, 0) is 4.79 Å². The number of carbonyl (C=O) groups is 1. The molecule has 0 aromatic heterocycles. The van der Waals surface area contributed by atoms with Gasteiger partial charge in [0.05, 0.1) is 8.07 Å². The summed E-state index contributed by atoms with van der Waals surface area (Å²) >= 11 is 0. The molecule has 1 aliphatic rings. The summed E-state index contributed by atoms with van der Waals surface area (Å²) < 4.78 is 0. The normalized spacial score (nSPS) is 27.4. The van der Waals surface area contributed by atoms with Crippen molar-refractivity contribution in [2.45, 2.75) is 63.7 Å². The average molecular weight is 224 g/mol. The van der Waals surface area contributed by atoms with E-state index in [-0.39, 0.29) is 0 Å². The van der Waals surface area contributed by atoms with Crippen molar-refractivity contribution in [2.75, 3.05) is 0 Å². The highest BCUT2D eigenvalue weighted by molar-refractivity contribution is 6.78. The van der Waals surface area contributed by atoms with Gasteiger partial charge in [-0.1, -0.05) is 31.8 Å². The minimum absolute atomic E-state index is 0.472. The lowest BCUT2D eigenvalue weighted by Crippen LogP contribution is -2.27. The van der Waals surface area contributed by atoms with E-state index in [0.29, 0.717) is 5.78 Å². The topological polar surface area (TPSA) is 17.1 Å². The minimum Gasteiger partial charge on any atom is -0.300 e. The van der Waals surface area contributed by atoms with Crippen molar-refractivity contribution in [1.29, 1.82) is 0 Å². The summed E-state index contributed by atoms with van der Waals surface area (Å²) in [6.07, 6.45) is 10.8. The van der Waals surface area contributed by atoms with E-state index in [0.717, 1.165) is 37.6 Å². The number of hydrogen-bond acceptors (Lipinski definition) is 1. The summed E-state index contributed by atoms with van der Waals surface area (Å²) in [7, 11) is -1.07. The largest absolute Gasteiger partial charge is 0.300 e. The lowest BCUT2D eigenvalue weighted by atomic mass is 10.0. The Kier molecular flexibility index (Phi) is 4.77. The van der Waals surface area contributed by atoms with Crippen LogP contribution in [0.1, 0.15) is 38.5 Å². The molecule has 1 nitrogen and oxygen atoms in total. The van der Waals surface area contributed by atoms with Crippen LogP contribution in [0.4, 0.5) is 0 Å². The van der Waals surface area contributed by atoms with Crippen LogP contribution in [0.25, 0.3) is 0 Å². The first kappa shape index (κ1) is 12.7. The second-order valence-electron chi connectivity index (χ2n) is 5.72. The van der Waals surface area contributed by atoms with Crippen molar-refractivity contribution in [3.05, 3.63) is 12.2 Å². The van der Waals surface area contributed by atoms with Gasteiger partial charge in [0.15, 0.2) is 0 Å². The lowest BCUT2D eigenvalue weighted by Gasteiger charge is -2.26. The van der Waals surface area contributed by atoms with Crippen LogP contribution in [0, 0.1) is 0 Å². The first-order valence-corrected chi connectivity index (χ1v) is 9.76. The number of rotatable bonds is 1. The van der Waals surface area contributed by atoms with Crippen LogP contribution >= 0.6 is 0 Å². The molecule has 1 unspecified atom stereocenters. The summed E-state index contributed by atoms with van der Waals surface area (Å²) in [6.45, 7) is 7.28. The molecular weight excluding hydrogens is 200 g/mol. The van der Waals surface area contributed by atoms with Gasteiger partial charge in [0.25, 0.3) is 0 Å². The number of hydrogen-bond donors (Lipinski definition) is 0. The van der Waals surface area contributed by atoms with Crippen LogP contribution in [0.5, 0.6) is 0 Å². The Labute approximate surface area is 95.0 Å². The first-order chi connectivity index (χ1) is 7.00. The number of carbonyl (C=O) groups excluding carboxylic acids is 1. The highest BCUT2D eigenvalue weighted by Gasteiger charge is 2.24. The Balaban J connectivity index is 2.60. The summed E-state index contributed by atoms with van der Waals surface area (Å²) in [5, 5.41) is 0. The molecule has 0 N–H and O–H groups in total. The van der Waals surface area contributed by atoms with Gasteiger partial charge in [-0.2, -0.15) is 0 Å². The minimum atomic E-state index is -1.07. The Morgan fingerprint density at radius 2 is 1.87 bits per heavy atom. The molecule has 0 aliphatic heterocycles. The van der Waals surface area contributed by atoms with E-state index in [1.54, 1.807) is 0 Å². The third kappa shape index (κ3) is 4.78. The number of ketones is 1. The number of Topliss-reactive ketones (excluding diaryl/α,β-unsaturated/α-hetero) is 1. The van der Waals surface area contributed by atoms with Crippen LogP contribution in [0.3, 0.4) is 0 Å². The number of allylic oxidation sites excluding steroid dienone is 2. The van der Waals surface area contributed by atoms with Gasteiger partial charge in [0, 0.05) is 12.8 Å². The van der Waals surface area contributed by atoms with E-state index < -0.39 is 8.07 Å². The molecule has 0 heterocycles. The Hall–Kier alpha value is -0.373. The smallest absolute Gasteiger partial charge is 0.132 e. The van der Waals surface area contributed by atoms with Gasteiger partial charge >= 0.3 is 0 Å². The zero-order valence-electron chi connectivity index (χ0n) is 10.4. The fourth-order valence-corrected chi connectivity index (χ4v) is 3.92. The molecule has 0 fully saturated rings. The van der Waals surface area contributed by atoms with Gasteiger partial charge in [-0.05, 0) is 31.2 Å². The predicted octanol–water partition coefficient (Wildman–Crippen LogP) is 4.17. The highest BCUT2D eigenvalue weighted by atomic mass is 28.3. The summed E-state index contributed by atoms with van der Waals surface area (Å²) in [4.78, 5) is 11.4. The first-order valence-electron chi connectivity index (χ1n) is 6.18. The second kappa shape index (κ2) is 5.64. The van der Waals surface area contributed by atoms with Gasteiger partial charge in [-0.15, -0.1) is 0 Å².